The lowest BCUT2D eigenvalue weighted by Crippen LogP contribution is -2.50. The van der Waals surface area contributed by atoms with E-state index in [4.69, 9.17) is 14.2 Å². The van der Waals surface area contributed by atoms with Gasteiger partial charge in [-0.25, -0.2) is 4.79 Å². The molecular weight excluding hydrogens is 546 g/mol. The molecule has 0 fully saturated rings. The van der Waals surface area contributed by atoms with E-state index in [1.807, 2.05) is 21.1 Å². The molecule has 43 heavy (non-hydrogen) atoms. The van der Waals surface area contributed by atoms with Crippen molar-refractivity contribution in [2.45, 2.75) is 167 Å². The van der Waals surface area contributed by atoms with Gasteiger partial charge >= 0.3 is 17.9 Å². The second-order valence-corrected chi connectivity index (χ2v) is 13.1. The average molecular weight is 615 g/mol. The van der Waals surface area contributed by atoms with Crippen molar-refractivity contribution >= 4 is 17.9 Å². The highest BCUT2D eigenvalue weighted by molar-refractivity contribution is 5.72. The van der Waals surface area contributed by atoms with Crippen LogP contribution in [0.15, 0.2) is 0 Å². The molecule has 0 saturated heterocycles. The molecular formula is C35H68NO7+. The summed E-state index contributed by atoms with van der Waals surface area (Å²) >= 11 is 0. The summed E-state index contributed by atoms with van der Waals surface area (Å²) in [7, 11) is 5.51. The maximum Gasteiger partial charge on any atom is 0.362 e. The normalized spacial score (nSPS) is 13.0. The lowest BCUT2D eigenvalue weighted by atomic mass is 10.0. The van der Waals surface area contributed by atoms with Gasteiger partial charge in [0.1, 0.15) is 6.61 Å². The highest BCUT2D eigenvalue weighted by Gasteiger charge is 2.31. The first-order valence-electron chi connectivity index (χ1n) is 17.6. The molecule has 0 heterocycles. The minimum absolute atomic E-state index is 0.0449. The van der Waals surface area contributed by atoms with E-state index in [-0.39, 0.29) is 36.2 Å². The maximum absolute atomic E-state index is 12.6. The fourth-order valence-electron chi connectivity index (χ4n) is 5.21. The Morgan fingerprint density at radius 2 is 1.02 bits per heavy atom. The summed E-state index contributed by atoms with van der Waals surface area (Å²) in [6.45, 7) is 4.67. The summed E-state index contributed by atoms with van der Waals surface area (Å²) in [6, 6.07) is -0.605. The average Bonchev–Trinajstić information content (AvgIpc) is 2.94. The van der Waals surface area contributed by atoms with E-state index in [9.17, 15) is 19.5 Å². The quantitative estimate of drug-likeness (QED) is 0.0477. The Bertz CT molecular complexity index is 692. The topological polar surface area (TPSA) is 99.1 Å². The van der Waals surface area contributed by atoms with Crippen LogP contribution in [0.25, 0.3) is 0 Å². The van der Waals surface area contributed by atoms with Gasteiger partial charge in [0.15, 0.2) is 12.1 Å². The number of hydrogen-bond donors (Lipinski definition) is 1. The second kappa shape index (κ2) is 27.8. The third kappa shape index (κ3) is 26.5. The van der Waals surface area contributed by atoms with Crippen LogP contribution in [0.4, 0.5) is 0 Å². The zero-order valence-corrected chi connectivity index (χ0v) is 28.7. The second-order valence-electron chi connectivity index (χ2n) is 13.1. The van der Waals surface area contributed by atoms with Gasteiger partial charge in [0.2, 0.25) is 0 Å². The van der Waals surface area contributed by atoms with Gasteiger partial charge in [-0.3, -0.25) is 9.59 Å². The van der Waals surface area contributed by atoms with Gasteiger partial charge in [0, 0.05) is 19.3 Å². The van der Waals surface area contributed by atoms with Crippen LogP contribution in [0, 0.1) is 0 Å². The Kier molecular flexibility index (Phi) is 26.8. The lowest BCUT2D eigenvalue weighted by Gasteiger charge is -2.31. The maximum atomic E-state index is 12.6. The minimum atomic E-state index is -0.875. The van der Waals surface area contributed by atoms with E-state index in [0.29, 0.717) is 19.3 Å². The molecule has 0 rings (SSSR count). The van der Waals surface area contributed by atoms with Gasteiger partial charge in [0.25, 0.3) is 0 Å². The Morgan fingerprint density at radius 3 is 1.44 bits per heavy atom. The zero-order chi connectivity index (χ0) is 32.2. The highest BCUT2D eigenvalue weighted by atomic mass is 16.6. The molecule has 0 amide bonds. The van der Waals surface area contributed by atoms with Crippen molar-refractivity contribution < 1.29 is 38.2 Å². The Hall–Kier alpha value is -1.67. The van der Waals surface area contributed by atoms with Crippen molar-refractivity contribution in [1.82, 2.24) is 0 Å². The number of ether oxygens (including phenoxy) is 3. The van der Waals surface area contributed by atoms with E-state index in [1.54, 1.807) is 0 Å². The summed E-state index contributed by atoms with van der Waals surface area (Å²) in [5, 5.41) is 9.53. The van der Waals surface area contributed by atoms with Crippen molar-refractivity contribution in [3.05, 3.63) is 0 Å². The van der Waals surface area contributed by atoms with Crippen molar-refractivity contribution in [2.24, 2.45) is 0 Å². The summed E-state index contributed by atoms with van der Waals surface area (Å²) in [5.74, 6) is -1.47. The SMILES string of the molecule is CCCCCCCCCCCCCCCC(=O)OC(COCCC(C(=O)O)[N+](C)(C)C)COC(=O)CCCCCCCC. The van der Waals surface area contributed by atoms with Crippen LogP contribution in [0.5, 0.6) is 0 Å². The first-order valence-corrected chi connectivity index (χ1v) is 17.6. The number of likely N-dealkylation sites (N-methyl/N-ethyl adjacent to an activating group) is 1. The van der Waals surface area contributed by atoms with E-state index in [1.165, 1.54) is 83.5 Å². The standard InChI is InChI=1S/C35H67NO7/c1-6-8-10-12-14-15-16-17-18-19-20-22-24-26-34(38)43-31(29-41-28-27-32(35(39)40)36(3,4)5)30-42-33(37)25-23-21-13-11-9-7-2/h31-32H,6-30H2,1-5H3/p+1. The summed E-state index contributed by atoms with van der Waals surface area (Å²) in [4.78, 5) is 36.4. The molecule has 0 aromatic rings. The predicted octanol–water partition coefficient (Wildman–Crippen LogP) is 8.24. The number of rotatable bonds is 31. The fourth-order valence-corrected chi connectivity index (χ4v) is 5.21. The van der Waals surface area contributed by atoms with Crippen molar-refractivity contribution in [1.29, 1.82) is 0 Å². The van der Waals surface area contributed by atoms with Gasteiger partial charge in [-0.05, 0) is 12.8 Å². The third-order valence-corrected chi connectivity index (χ3v) is 8.01. The molecule has 2 unspecified atom stereocenters. The van der Waals surface area contributed by atoms with Crippen LogP contribution in [0.2, 0.25) is 0 Å². The zero-order valence-electron chi connectivity index (χ0n) is 28.7. The number of aliphatic carboxylic acids is 1. The first kappa shape index (κ1) is 41.3. The van der Waals surface area contributed by atoms with Crippen molar-refractivity contribution in [3.8, 4) is 0 Å². The molecule has 0 aromatic carbocycles. The smallest absolute Gasteiger partial charge is 0.362 e. The van der Waals surface area contributed by atoms with E-state index >= 15 is 0 Å². The van der Waals surface area contributed by atoms with Crippen LogP contribution < -0.4 is 0 Å². The van der Waals surface area contributed by atoms with Crippen LogP contribution in [0.3, 0.4) is 0 Å². The highest BCUT2D eigenvalue weighted by Crippen LogP contribution is 2.14. The first-order chi connectivity index (χ1) is 20.6. The van der Waals surface area contributed by atoms with E-state index < -0.39 is 18.1 Å². The van der Waals surface area contributed by atoms with Gasteiger partial charge in [-0.15, -0.1) is 0 Å². The largest absolute Gasteiger partial charge is 0.477 e. The number of carboxylic acid groups (broad SMARTS) is 1. The number of esters is 2. The molecule has 0 aliphatic carbocycles. The summed E-state index contributed by atoms with van der Waals surface area (Å²) in [5.41, 5.74) is 0. The van der Waals surface area contributed by atoms with Gasteiger partial charge in [-0.1, -0.05) is 123 Å². The number of carboxylic acids is 1. The van der Waals surface area contributed by atoms with Crippen LogP contribution in [0.1, 0.15) is 155 Å². The summed E-state index contributed by atoms with van der Waals surface area (Å²) < 4.78 is 17.1. The molecule has 8 heteroatoms. The van der Waals surface area contributed by atoms with Crippen LogP contribution >= 0.6 is 0 Å². The number of carbonyl (C=O) groups excluding carboxylic acids is 2. The molecule has 1 N–H and O–H groups in total. The molecule has 0 saturated carbocycles. The predicted molar refractivity (Wildman–Crippen MR) is 174 cm³/mol. The Labute approximate surface area is 264 Å². The molecule has 254 valence electrons. The summed E-state index contributed by atoms with van der Waals surface area (Å²) in [6.07, 6.45) is 23.0. The number of carbonyl (C=O) groups is 3. The Balaban J connectivity index is 4.38. The molecule has 0 aliphatic heterocycles. The lowest BCUT2D eigenvalue weighted by molar-refractivity contribution is -0.887. The monoisotopic (exact) mass is 614 g/mol. The van der Waals surface area contributed by atoms with E-state index in [0.717, 1.165) is 38.5 Å². The third-order valence-electron chi connectivity index (χ3n) is 8.01. The molecule has 0 aromatic heterocycles. The molecule has 2 atom stereocenters. The van der Waals surface area contributed by atoms with E-state index in [2.05, 4.69) is 13.8 Å². The number of nitrogens with zero attached hydrogens (tertiary/aromatic N) is 1. The molecule has 0 bridgehead atoms. The molecule has 0 radical (unpaired) electrons. The molecule has 8 nitrogen and oxygen atoms in total. The van der Waals surface area contributed by atoms with Gasteiger partial charge in [0.05, 0.1) is 34.4 Å². The van der Waals surface area contributed by atoms with Crippen molar-refractivity contribution in [3.63, 3.8) is 0 Å². The van der Waals surface area contributed by atoms with Crippen LogP contribution in [-0.2, 0) is 28.6 Å². The molecule has 0 spiro atoms. The van der Waals surface area contributed by atoms with Gasteiger partial charge in [-0.2, -0.15) is 0 Å². The number of quaternary nitrogens is 1. The van der Waals surface area contributed by atoms with Gasteiger partial charge < -0.3 is 23.8 Å². The van der Waals surface area contributed by atoms with Crippen LogP contribution in [-0.4, -0.2) is 80.6 Å². The Morgan fingerprint density at radius 1 is 0.605 bits per heavy atom. The minimum Gasteiger partial charge on any atom is -0.477 e. The number of unbranched alkanes of at least 4 members (excludes halogenated alkanes) is 17. The fraction of sp³-hybridized carbons (Fsp3) is 0.914. The molecule has 0 aliphatic rings. The number of hydrogen-bond acceptors (Lipinski definition) is 6. The van der Waals surface area contributed by atoms with Crippen molar-refractivity contribution in [2.75, 3.05) is 41.0 Å².